The van der Waals surface area contributed by atoms with E-state index in [1.54, 1.807) is 6.20 Å². The lowest BCUT2D eigenvalue weighted by atomic mass is 9.90. The molecule has 0 spiro atoms. The highest BCUT2D eigenvalue weighted by molar-refractivity contribution is 7.80. The van der Waals surface area contributed by atoms with Gasteiger partial charge in [0.2, 0.25) is 0 Å². The maximum absolute atomic E-state index is 9.60. The molecule has 0 aromatic carbocycles. The number of rotatable bonds is 5. The molecular formula is C18H22N6OS. The van der Waals surface area contributed by atoms with Crippen LogP contribution in [0, 0.1) is 5.92 Å². The molecule has 4 N–H and O–H groups in total. The Morgan fingerprint density at radius 2 is 2.08 bits per heavy atom. The Labute approximate surface area is 157 Å². The second-order valence-electron chi connectivity index (χ2n) is 6.04. The molecule has 0 amide bonds. The van der Waals surface area contributed by atoms with Crippen molar-refractivity contribution in [3.05, 3.63) is 42.1 Å². The van der Waals surface area contributed by atoms with Crippen molar-refractivity contribution in [3.63, 3.8) is 0 Å². The first kappa shape index (κ1) is 18.2. The number of hydrogen-bond acceptors (Lipinski definition) is 6. The summed E-state index contributed by atoms with van der Waals surface area (Å²) in [6.45, 7) is 4.80. The maximum atomic E-state index is 9.60. The molecule has 0 saturated carbocycles. The summed E-state index contributed by atoms with van der Waals surface area (Å²) in [5, 5.41) is 19.5. The van der Waals surface area contributed by atoms with Gasteiger partial charge >= 0.3 is 0 Å². The van der Waals surface area contributed by atoms with Crippen LogP contribution in [0.3, 0.4) is 0 Å². The number of pyridine rings is 1. The third kappa shape index (κ3) is 4.14. The third-order valence-electron chi connectivity index (χ3n) is 4.14. The van der Waals surface area contributed by atoms with E-state index < -0.39 is 0 Å². The zero-order valence-corrected chi connectivity index (χ0v) is 15.5. The molecule has 0 fully saturated rings. The molecule has 0 radical (unpaired) electrons. The normalized spacial score (nSPS) is 19.1. The minimum absolute atomic E-state index is 0.00375. The zero-order chi connectivity index (χ0) is 18.5. The number of aromatic nitrogens is 3. The summed E-state index contributed by atoms with van der Waals surface area (Å²) >= 11 is 5.18. The molecule has 0 bridgehead atoms. The first-order chi connectivity index (χ1) is 12.6. The Bertz CT molecular complexity index is 866. The van der Waals surface area contributed by atoms with E-state index in [0.29, 0.717) is 27.9 Å². The van der Waals surface area contributed by atoms with Gasteiger partial charge in [0.15, 0.2) is 10.8 Å². The monoisotopic (exact) mass is 370 g/mol. The van der Waals surface area contributed by atoms with Gasteiger partial charge in [-0.15, -0.1) is 0 Å². The minimum Gasteiger partial charge on any atom is -0.396 e. The van der Waals surface area contributed by atoms with E-state index in [1.165, 1.54) is 0 Å². The van der Waals surface area contributed by atoms with E-state index in [0.717, 1.165) is 12.1 Å². The predicted octanol–water partition coefficient (Wildman–Crippen LogP) is 2.24. The molecule has 1 aliphatic carbocycles. The predicted molar refractivity (Wildman–Crippen MR) is 108 cm³/mol. The van der Waals surface area contributed by atoms with Gasteiger partial charge in [-0.2, -0.15) is 0 Å². The SMILES string of the molecule is CCNC(=S)Nc1ccc2ncc(NC3C(C)=CC=CC3CO)nc2n1. The first-order valence-electron chi connectivity index (χ1n) is 8.51. The van der Waals surface area contributed by atoms with Crippen molar-refractivity contribution in [2.24, 2.45) is 5.92 Å². The summed E-state index contributed by atoms with van der Waals surface area (Å²) in [6, 6.07) is 3.63. The van der Waals surface area contributed by atoms with Crippen molar-refractivity contribution in [2.75, 3.05) is 23.8 Å². The summed E-state index contributed by atoms with van der Waals surface area (Å²) in [6.07, 6.45) is 7.66. The van der Waals surface area contributed by atoms with Crippen LogP contribution in [0.15, 0.2) is 42.1 Å². The van der Waals surface area contributed by atoms with Crippen molar-refractivity contribution < 1.29 is 5.11 Å². The minimum atomic E-state index is -0.0283. The lowest BCUT2D eigenvalue weighted by Gasteiger charge is -2.28. The Morgan fingerprint density at radius 1 is 1.27 bits per heavy atom. The van der Waals surface area contributed by atoms with Crippen LogP contribution in [0.25, 0.3) is 11.2 Å². The smallest absolute Gasteiger partial charge is 0.182 e. The van der Waals surface area contributed by atoms with Crippen molar-refractivity contribution in [1.82, 2.24) is 20.3 Å². The molecule has 2 aromatic rings. The van der Waals surface area contributed by atoms with Crippen molar-refractivity contribution in [3.8, 4) is 0 Å². The summed E-state index contributed by atoms with van der Waals surface area (Å²) < 4.78 is 0. The fraction of sp³-hybridized carbons (Fsp3) is 0.333. The molecule has 1 aliphatic rings. The van der Waals surface area contributed by atoms with Crippen molar-refractivity contribution in [1.29, 1.82) is 0 Å². The fourth-order valence-electron chi connectivity index (χ4n) is 2.81. The van der Waals surface area contributed by atoms with Gasteiger partial charge in [-0.25, -0.2) is 15.0 Å². The standard InChI is InChI=1S/C18H22N6OS/c1-3-19-18(26)24-14-8-7-13-17(22-14)23-15(9-20-13)21-16-11(2)5-4-6-12(16)10-25/h4-9,12,16,25H,3,10H2,1-2H3,(H3,19,21,22,23,24,26). The van der Waals surface area contributed by atoms with Crippen molar-refractivity contribution in [2.45, 2.75) is 19.9 Å². The number of nitrogens with one attached hydrogen (secondary N) is 3. The Kier molecular flexibility index (Phi) is 5.75. The molecule has 2 unspecified atom stereocenters. The summed E-state index contributed by atoms with van der Waals surface area (Å²) in [5.41, 5.74) is 2.35. The Morgan fingerprint density at radius 3 is 2.85 bits per heavy atom. The number of fused-ring (bicyclic) bond motifs is 1. The van der Waals surface area contributed by atoms with Crippen LogP contribution in [-0.2, 0) is 0 Å². The van der Waals surface area contributed by atoms with Gasteiger partial charge in [-0.3, -0.25) is 0 Å². The van der Waals surface area contributed by atoms with E-state index >= 15 is 0 Å². The second kappa shape index (κ2) is 8.20. The highest BCUT2D eigenvalue weighted by Crippen LogP contribution is 2.23. The Hall–Kier alpha value is -2.58. The molecule has 7 nitrogen and oxygen atoms in total. The Balaban J connectivity index is 1.82. The molecule has 2 atom stereocenters. The zero-order valence-electron chi connectivity index (χ0n) is 14.7. The maximum Gasteiger partial charge on any atom is 0.182 e. The van der Waals surface area contributed by atoms with E-state index in [9.17, 15) is 5.11 Å². The second-order valence-corrected chi connectivity index (χ2v) is 6.45. The lowest BCUT2D eigenvalue weighted by Crippen LogP contribution is -2.33. The highest BCUT2D eigenvalue weighted by Gasteiger charge is 2.22. The van der Waals surface area contributed by atoms with Gasteiger partial charge in [0.05, 0.1) is 18.8 Å². The van der Waals surface area contributed by atoms with E-state index in [1.807, 2.05) is 44.2 Å². The number of thiocarbonyl (C=S) groups is 1. The van der Waals surface area contributed by atoms with E-state index in [-0.39, 0.29) is 18.6 Å². The van der Waals surface area contributed by atoms with Gasteiger partial charge in [-0.05, 0) is 38.2 Å². The number of hydrogen-bond donors (Lipinski definition) is 4. The van der Waals surface area contributed by atoms with Crippen LogP contribution in [-0.4, -0.2) is 44.4 Å². The van der Waals surface area contributed by atoms with Crippen LogP contribution >= 0.6 is 12.2 Å². The molecule has 8 heteroatoms. The van der Waals surface area contributed by atoms with Gasteiger partial charge in [0.1, 0.15) is 17.2 Å². The topological polar surface area (TPSA) is 95.0 Å². The van der Waals surface area contributed by atoms with Gasteiger partial charge in [-0.1, -0.05) is 23.8 Å². The average molecular weight is 370 g/mol. The fourth-order valence-corrected chi connectivity index (χ4v) is 3.06. The molecule has 0 aliphatic heterocycles. The number of aliphatic hydroxyl groups excluding tert-OH is 1. The van der Waals surface area contributed by atoms with Crippen molar-refractivity contribution >= 4 is 40.1 Å². The number of allylic oxidation sites excluding steroid dienone is 2. The molecule has 0 saturated heterocycles. The molecule has 2 heterocycles. The lowest BCUT2D eigenvalue weighted by molar-refractivity contribution is 0.244. The molecule has 26 heavy (non-hydrogen) atoms. The number of aliphatic hydroxyl groups is 1. The van der Waals surface area contributed by atoms with Gasteiger partial charge in [0, 0.05) is 12.5 Å². The van der Waals surface area contributed by atoms with Crippen LogP contribution in [0.5, 0.6) is 0 Å². The number of nitrogens with zero attached hydrogens (tertiary/aromatic N) is 3. The summed E-state index contributed by atoms with van der Waals surface area (Å²) in [4.78, 5) is 13.5. The molecule has 2 aromatic heterocycles. The highest BCUT2D eigenvalue weighted by atomic mass is 32.1. The third-order valence-corrected chi connectivity index (χ3v) is 4.38. The van der Waals surface area contributed by atoms with E-state index in [2.05, 4.69) is 30.9 Å². The summed E-state index contributed by atoms with van der Waals surface area (Å²) in [7, 11) is 0. The van der Waals surface area contributed by atoms with Crippen LogP contribution < -0.4 is 16.0 Å². The van der Waals surface area contributed by atoms with Gasteiger partial charge in [0.25, 0.3) is 0 Å². The number of anilines is 2. The van der Waals surface area contributed by atoms with Crippen LogP contribution in [0.2, 0.25) is 0 Å². The molecular weight excluding hydrogens is 348 g/mol. The summed E-state index contributed by atoms with van der Waals surface area (Å²) in [5.74, 6) is 1.22. The quantitative estimate of drug-likeness (QED) is 0.595. The van der Waals surface area contributed by atoms with Crippen LogP contribution in [0.1, 0.15) is 13.8 Å². The van der Waals surface area contributed by atoms with Gasteiger partial charge < -0.3 is 21.1 Å². The first-order valence-corrected chi connectivity index (χ1v) is 8.92. The van der Waals surface area contributed by atoms with E-state index in [4.69, 9.17) is 12.2 Å². The average Bonchev–Trinajstić information content (AvgIpc) is 2.63. The molecule has 3 rings (SSSR count). The van der Waals surface area contributed by atoms with Crippen LogP contribution in [0.4, 0.5) is 11.6 Å². The molecule has 136 valence electrons. The largest absolute Gasteiger partial charge is 0.396 e.